The normalized spacial score (nSPS) is 10.7. The van der Waals surface area contributed by atoms with E-state index in [2.05, 4.69) is 21.4 Å². The minimum atomic E-state index is -0.346. The van der Waals surface area contributed by atoms with E-state index in [0.29, 0.717) is 23.7 Å². The molecule has 1 heterocycles. The fourth-order valence-corrected chi connectivity index (χ4v) is 2.82. The van der Waals surface area contributed by atoms with Gasteiger partial charge in [-0.25, -0.2) is 9.78 Å². The van der Waals surface area contributed by atoms with Crippen molar-refractivity contribution < 1.29 is 14.3 Å². The van der Waals surface area contributed by atoms with Crippen LogP contribution in [-0.4, -0.2) is 22.5 Å². The van der Waals surface area contributed by atoms with Gasteiger partial charge in [-0.15, -0.1) is 0 Å². The second-order valence-electron chi connectivity index (χ2n) is 7.56. The van der Waals surface area contributed by atoms with Crippen molar-refractivity contribution in [3.63, 3.8) is 0 Å². The van der Waals surface area contributed by atoms with Crippen molar-refractivity contribution in [1.29, 1.82) is 0 Å². The molecule has 0 unspecified atom stereocenters. The topological polar surface area (TPSA) is 99.4 Å². The zero-order chi connectivity index (χ0) is 21.7. The number of nitrogens with one attached hydrogen (secondary N) is 1. The van der Waals surface area contributed by atoms with Gasteiger partial charge in [-0.05, 0) is 67.3 Å². The summed E-state index contributed by atoms with van der Waals surface area (Å²) in [7, 11) is 0. The van der Waals surface area contributed by atoms with E-state index < -0.39 is 0 Å². The third kappa shape index (κ3) is 5.47. The molecular weight excluding hydrogens is 380 g/mol. The van der Waals surface area contributed by atoms with Crippen molar-refractivity contribution in [2.75, 3.05) is 17.7 Å². The SMILES string of the molecule is Cc1cc(C)cc(Oc2ncnc(Nc3ccc(C(=O)OCC(C)C)cc3)c2N)c1. The predicted molar refractivity (Wildman–Crippen MR) is 117 cm³/mol. The van der Waals surface area contributed by atoms with Crippen molar-refractivity contribution >= 4 is 23.2 Å². The van der Waals surface area contributed by atoms with Crippen LogP contribution in [0.25, 0.3) is 0 Å². The molecule has 30 heavy (non-hydrogen) atoms. The number of esters is 1. The van der Waals surface area contributed by atoms with Crippen LogP contribution >= 0.6 is 0 Å². The van der Waals surface area contributed by atoms with Gasteiger partial charge < -0.3 is 20.5 Å². The zero-order valence-electron chi connectivity index (χ0n) is 17.6. The average Bonchev–Trinajstić information content (AvgIpc) is 2.69. The van der Waals surface area contributed by atoms with Gasteiger partial charge >= 0.3 is 5.97 Å². The third-order valence-electron chi connectivity index (χ3n) is 4.19. The van der Waals surface area contributed by atoms with E-state index in [1.807, 2.05) is 39.8 Å². The van der Waals surface area contributed by atoms with Crippen LogP contribution in [0.1, 0.15) is 35.3 Å². The van der Waals surface area contributed by atoms with Gasteiger partial charge in [-0.2, -0.15) is 4.98 Å². The summed E-state index contributed by atoms with van der Waals surface area (Å²) >= 11 is 0. The van der Waals surface area contributed by atoms with Crippen LogP contribution < -0.4 is 15.8 Å². The lowest BCUT2D eigenvalue weighted by molar-refractivity contribution is 0.0459. The molecule has 3 rings (SSSR count). The summed E-state index contributed by atoms with van der Waals surface area (Å²) in [6.45, 7) is 8.37. The Morgan fingerprint density at radius 2 is 1.73 bits per heavy atom. The van der Waals surface area contributed by atoms with Gasteiger partial charge in [0.15, 0.2) is 5.82 Å². The molecule has 0 radical (unpaired) electrons. The van der Waals surface area contributed by atoms with Gasteiger partial charge in [0.2, 0.25) is 5.88 Å². The number of rotatable bonds is 7. The maximum atomic E-state index is 12.0. The van der Waals surface area contributed by atoms with E-state index in [0.717, 1.165) is 16.8 Å². The van der Waals surface area contributed by atoms with Crippen LogP contribution in [-0.2, 0) is 4.74 Å². The minimum Gasteiger partial charge on any atom is -0.462 e. The monoisotopic (exact) mass is 406 g/mol. The molecule has 0 atom stereocenters. The zero-order valence-corrected chi connectivity index (χ0v) is 17.6. The molecule has 0 fully saturated rings. The van der Waals surface area contributed by atoms with Crippen molar-refractivity contribution in [2.45, 2.75) is 27.7 Å². The molecule has 0 aliphatic carbocycles. The van der Waals surface area contributed by atoms with Crippen molar-refractivity contribution in [2.24, 2.45) is 5.92 Å². The predicted octanol–water partition coefficient (Wildman–Crippen LogP) is 5.02. The molecule has 7 nitrogen and oxygen atoms in total. The summed E-state index contributed by atoms with van der Waals surface area (Å²) in [6, 6.07) is 12.8. The summed E-state index contributed by atoms with van der Waals surface area (Å²) in [5, 5.41) is 3.13. The quantitative estimate of drug-likeness (QED) is 0.531. The van der Waals surface area contributed by atoms with Gasteiger partial charge in [0, 0.05) is 5.69 Å². The van der Waals surface area contributed by atoms with Crippen molar-refractivity contribution in [3.8, 4) is 11.6 Å². The molecule has 0 spiro atoms. The Kier molecular flexibility index (Phi) is 6.51. The highest BCUT2D eigenvalue weighted by Gasteiger charge is 2.12. The number of nitrogens with two attached hydrogens (primary N) is 1. The molecule has 7 heteroatoms. The van der Waals surface area contributed by atoms with Gasteiger partial charge in [0.1, 0.15) is 17.8 Å². The molecule has 2 aromatic carbocycles. The van der Waals surface area contributed by atoms with Gasteiger partial charge in [-0.3, -0.25) is 0 Å². The number of nitrogens with zero attached hydrogens (tertiary/aromatic N) is 2. The number of hydrogen-bond acceptors (Lipinski definition) is 7. The van der Waals surface area contributed by atoms with Gasteiger partial charge in [0.05, 0.1) is 12.2 Å². The first-order valence-corrected chi connectivity index (χ1v) is 9.72. The van der Waals surface area contributed by atoms with Crippen LogP contribution in [0, 0.1) is 19.8 Å². The first-order chi connectivity index (χ1) is 14.3. The molecule has 1 aromatic heterocycles. The standard InChI is InChI=1S/C23H26N4O3/c1-14(2)12-29-23(28)17-5-7-18(8-6-17)27-21-20(24)22(26-13-25-21)30-19-10-15(3)9-16(4)11-19/h5-11,13-14H,12,24H2,1-4H3,(H,25,26,27). The highest BCUT2D eigenvalue weighted by molar-refractivity contribution is 5.90. The summed E-state index contributed by atoms with van der Waals surface area (Å²) in [5.74, 6) is 1.29. The Morgan fingerprint density at radius 1 is 1.07 bits per heavy atom. The fraction of sp³-hybridized carbons (Fsp3) is 0.261. The number of carbonyl (C=O) groups excluding carboxylic acids is 1. The van der Waals surface area contributed by atoms with Crippen molar-refractivity contribution in [3.05, 3.63) is 65.5 Å². The number of benzene rings is 2. The lowest BCUT2D eigenvalue weighted by Gasteiger charge is -2.13. The van der Waals surface area contributed by atoms with Crippen LogP contribution in [0.4, 0.5) is 17.2 Å². The second-order valence-corrected chi connectivity index (χ2v) is 7.56. The summed E-state index contributed by atoms with van der Waals surface area (Å²) in [5.41, 5.74) is 9.88. The molecule has 3 N–H and O–H groups in total. The highest BCUT2D eigenvalue weighted by Crippen LogP contribution is 2.31. The number of hydrogen-bond donors (Lipinski definition) is 2. The Hall–Kier alpha value is -3.61. The minimum absolute atomic E-state index is 0.270. The Morgan fingerprint density at radius 3 is 2.37 bits per heavy atom. The maximum Gasteiger partial charge on any atom is 0.338 e. The summed E-state index contributed by atoms with van der Waals surface area (Å²) in [6.07, 6.45) is 1.38. The molecule has 0 aliphatic rings. The molecular formula is C23H26N4O3. The molecule has 0 saturated carbocycles. The molecule has 3 aromatic rings. The number of ether oxygens (including phenoxy) is 2. The van der Waals surface area contributed by atoms with E-state index in [9.17, 15) is 4.79 Å². The maximum absolute atomic E-state index is 12.0. The van der Waals surface area contributed by atoms with Crippen LogP contribution in [0.5, 0.6) is 11.6 Å². The van der Waals surface area contributed by atoms with E-state index >= 15 is 0 Å². The first-order valence-electron chi connectivity index (χ1n) is 9.72. The lowest BCUT2D eigenvalue weighted by Crippen LogP contribution is -2.10. The van der Waals surface area contributed by atoms with Gasteiger partial charge in [-0.1, -0.05) is 19.9 Å². The Labute approximate surface area is 176 Å². The Balaban J connectivity index is 1.72. The van der Waals surface area contributed by atoms with E-state index in [1.165, 1.54) is 6.33 Å². The molecule has 0 aliphatic heterocycles. The number of carbonyl (C=O) groups is 1. The van der Waals surface area contributed by atoms with E-state index in [1.54, 1.807) is 24.3 Å². The van der Waals surface area contributed by atoms with Crippen LogP contribution in [0.2, 0.25) is 0 Å². The Bertz CT molecular complexity index is 1010. The molecule has 156 valence electrons. The van der Waals surface area contributed by atoms with E-state index in [4.69, 9.17) is 15.2 Å². The second kappa shape index (κ2) is 9.26. The summed E-state index contributed by atoms with van der Waals surface area (Å²) < 4.78 is 11.1. The van der Waals surface area contributed by atoms with E-state index in [-0.39, 0.29) is 23.5 Å². The smallest absolute Gasteiger partial charge is 0.338 e. The number of aromatic nitrogens is 2. The van der Waals surface area contributed by atoms with Crippen LogP contribution in [0.3, 0.4) is 0 Å². The summed E-state index contributed by atoms with van der Waals surface area (Å²) in [4.78, 5) is 20.4. The third-order valence-corrected chi connectivity index (χ3v) is 4.19. The molecule has 0 saturated heterocycles. The molecule has 0 bridgehead atoms. The number of nitrogen functional groups attached to an aromatic ring is 1. The number of aryl methyl sites for hydroxylation is 2. The van der Waals surface area contributed by atoms with Gasteiger partial charge in [0.25, 0.3) is 0 Å². The number of anilines is 3. The van der Waals surface area contributed by atoms with Crippen LogP contribution in [0.15, 0.2) is 48.8 Å². The first kappa shape index (κ1) is 21.1. The fourth-order valence-electron chi connectivity index (χ4n) is 2.82. The lowest BCUT2D eigenvalue weighted by atomic mass is 10.1. The van der Waals surface area contributed by atoms with Crippen molar-refractivity contribution in [1.82, 2.24) is 9.97 Å². The molecule has 0 amide bonds. The largest absolute Gasteiger partial charge is 0.462 e. The average molecular weight is 406 g/mol. The highest BCUT2D eigenvalue weighted by atomic mass is 16.5.